The van der Waals surface area contributed by atoms with Gasteiger partial charge < -0.3 is 10.4 Å². The smallest absolute Gasteiger partial charge is 0.230 e. The lowest BCUT2D eigenvalue weighted by Crippen LogP contribution is -2.44. The maximum Gasteiger partial charge on any atom is 0.230 e. The molecule has 1 unspecified atom stereocenters. The molecule has 0 radical (unpaired) electrons. The summed E-state index contributed by atoms with van der Waals surface area (Å²) in [5, 5.41) is 21.9. The highest BCUT2D eigenvalue weighted by Gasteiger charge is 2.30. The van der Waals surface area contributed by atoms with E-state index < -0.39 is 11.5 Å². The van der Waals surface area contributed by atoms with Gasteiger partial charge in [-0.25, -0.2) is 0 Å². The number of hydrogen-bond acceptors (Lipinski definition) is 3. The number of nitriles is 1. The van der Waals surface area contributed by atoms with E-state index in [9.17, 15) is 9.90 Å². The fourth-order valence-corrected chi connectivity index (χ4v) is 2.53. The maximum absolute atomic E-state index is 12.5. The van der Waals surface area contributed by atoms with Crippen molar-refractivity contribution in [1.82, 2.24) is 5.32 Å². The third-order valence-electron chi connectivity index (χ3n) is 4.35. The summed E-state index contributed by atoms with van der Waals surface area (Å²) in [6.45, 7) is 7.98. The Morgan fingerprint density at radius 2 is 2.00 bits per heavy atom. The molecule has 0 heterocycles. The Labute approximate surface area is 133 Å². The zero-order valence-corrected chi connectivity index (χ0v) is 13.9. The van der Waals surface area contributed by atoms with Gasteiger partial charge in [-0.15, -0.1) is 0 Å². The van der Waals surface area contributed by atoms with Crippen LogP contribution in [0.5, 0.6) is 0 Å². The van der Waals surface area contributed by atoms with E-state index in [0.29, 0.717) is 5.56 Å². The molecule has 22 heavy (non-hydrogen) atoms. The van der Waals surface area contributed by atoms with Crippen LogP contribution in [0.4, 0.5) is 0 Å². The van der Waals surface area contributed by atoms with Gasteiger partial charge in [0.15, 0.2) is 0 Å². The minimum absolute atomic E-state index is 0.146. The minimum Gasteiger partial charge on any atom is -0.391 e. The number of amides is 1. The summed E-state index contributed by atoms with van der Waals surface area (Å²) < 4.78 is 0. The Morgan fingerprint density at radius 3 is 2.55 bits per heavy atom. The van der Waals surface area contributed by atoms with Crippen LogP contribution in [0.3, 0.4) is 0 Å². The van der Waals surface area contributed by atoms with Crippen LogP contribution < -0.4 is 5.32 Å². The molecule has 0 spiro atoms. The van der Waals surface area contributed by atoms with Crippen molar-refractivity contribution in [3.8, 4) is 6.07 Å². The van der Waals surface area contributed by atoms with Crippen molar-refractivity contribution in [2.45, 2.75) is 52.1 Å². The van der Waals surface area contributed by atoms with Crippen molar-refractivity contribution >= 4 is 5.91 Å². The molecular formula is C18H26N2O2. The fraction of sp³-hybridized carbons (Fsp3) is 0.556. The van der Waals surface area contributed by atoms with Crippen LogP contribution in [0.1, 0.15) is 51.7 Å². The van der Waals surface area contributed by atoms with E-state index in [2.05, 4.69) is 11.4 Å². The van der Waals surface area contributed by atoms with Crippen LogP contribution >= 0.6 is 0 Å². The third kappa shape index (κ3) is 4.32. The van der Waals surface area contributed by atoms with Crippen molar-refractivity contribution in [2.24, 2.45) is 5.92 Å². The number of benzene rings is 1. The maximum atomic E-state index is 12.5. The third-order valence-corrected chi connectivity index (χ3v) is 4.35. The Kier molecular flexibility index (Phi) is 6.58. The van der Waals surface area contributed by atoms with E-state index in [-0.39, 0.29) is 18.4 Å². The number of rotatable bonds is 7. The Bertz CT molecular complexity index is 542. The molecule has 0 aliphatic rings. The van der Waals surface area contributed by atoms with E-state index in [0.717, 1.165) is 18.4 Å². The second-order valence-corrected chi connectivity index (χ2v) is 6.17. The van der Waals surface area contributed by atoms with Crippen LogP contribution in [-0.2, 0) is 10.2 Å². The predicted molar refractivity (Wildman–Crippen MR) is 87.3 cm³/mol. The average molecular weight is 302 g/mol. The highest BCUT2D eigenvalue weighted by atomic mass is 16.3. The second kappa shape index (κ2) is 7.95. The second-order valence-electron chi connectivity index (χ2n) is 6.17. The van der Waals surface area contributed by atoms with E-state index in [1.54, 1.807) is 18.2 Å². The molecule has 120 valence electrons. The Hall–Kier alpha value is -1.86. The molecule has 2 N–H and O–H groups in total. The Morgan fingerprint density at radius 1 is 1.36 bits per heavy atom. The van der Waals surface area contributed by atoms with Crippen molar-refractivity contribution in [3.63, 3.8) is 0 Å². The topological polar surface area (TPSA) is 73.1 Å². The van der Waals surface area contributed by atoms with E-state index >= 15 is 0 Å². The summed E-state index contributed by atoms with van der Waals surface area (Å²) in [7, 11) is 0. The standard InChI is InChI=1S/C18H26N2O2/c1-5-14(6-2)16(21)12-20-17(22)18(3,4)15-9-7-8-13(10-15)11-19/h7-10,14,16,21H,5-6,12H2,1-4H3,(H,20,22). The van der Waals surface area contributed by atoms with E-state index in [1.165, 1.54) is 0 Å². The van der Waals surface area contributed by atoms with E-state index in [1.807, 2.05) is 33.8 Å². The molecule has 1 rings (SSSR count). The summed E-state index contributed by atoms with van der Waals surface area (Å²) in [5.41, 5.74) is 0.581. The molecule has 0 saturated carbocycles. The van der Waals surface area contributed by atoms with Gasteiger partial charge in [-0.1, -0.05) is 38.8 Å². The van der Waals surface area contributed by atoms with Gasteiger partial charge in [0.2, 0.25) is 5.91 Å². The lowest BCUT2D eigenvalue weighted by atomic mass is 9.83. The molecule has 1 amide bonds. The quantitative estimate of drug-likeness (QED) is 0.813. The van der Waals surface area contributed by atoms with E-state index in [4.69, 9.17) is 5.26 Å². The van der Waals surface area contributed by atoms with Gasteiger partial charge in [0.05, 0.1) is 23.2 Å². The van der Waals surface area contributed by atoms with Gasteiger partial charge in [-0.3, -0.25) is 4.79 Å². The largest absolute Gasteiger partial charge is 0.391 e. The summed E-state index contributed by atoms with van der Waals surface area (Å²) in [5.74, 6) is 0.0536. The molecule has 0 bridgehead atoms. The van der Waals surface area contributed by atoms with Gasteiger partial charge in [0.1, 0.15) is 0 Å². The molecule has 0 aliphatic heterocycles. The fourth-order valence-electron chi connectivity index (χ4n) is 2.53. The lowest BCUT2D eigenvalue weighted by Gasteiger charge is -2.26. The number of aliphatic hydroxyl groups is 1. The van der Waals surface area contributed by atoms with Crippen LogP contribution in [0.2, 0.25) is 0 Å². The van der Waals surface area contributed by atoms with Gasteiger partial charge in [0, 0.05) is 6.54 Å². The van der Waals surface area contributed by atoms with Crippen molar-refractivity contribution in [1.29, 1.82) is 5.26 Å². The zero-order valence-electron chi connectivity index (χ0n) is 13.9. The first-order chi connectivity index (χ1) is 10.4. The number of nitrogens with zero attached hydrogens (tertiary/aromatic N) is 1. The normalized spacial score (nSPS) is 12.8. The lowest BCUT2D eigenvalue weighted by molar-refractivity contribution is -0.126. The summed E-state index contributed by atoms with van der Waals surface area (Å²) in [4.78, 5) is 12.5. The first-order valence-corrected chi connectivity index (χ1v) is 7.83. The van der Waals surface area contributed by atoms with Gasteiger partial charge in [-0.05, 0) is 37.5 Å². The summed E-state index contributed by atoms with van der Waals surface area (Å²) in [6.07, 6.45) is 1.25. The number of nitrogens with one attached hydrogen (secondary N) is 1. The molecule has 0 aromatic heterocycles. The van der Waals surface area contributed by atoms with Gasteiger partial charge >= 0.3 is 0 Å². The van der Waals surface area contributed by atoms with Crippen molar-refractivity contribution < 1.29 is 9.90 Å². The highest BCUT2D eigenvalue weighted by Crippen LogP contribution is 2.24. The van der Waals surface area contributed by atoms with Crippen LogP contribution in [0.25, 0.3) is 0 Å². The number of hydrogen-bond donors (Lipinski definition) is 2. The molecule has 4 heteroatoms. The van der Waals surface area contributed by atoms with Gasteiger partial charge in [0.25, 0.3) is 0 Å². The molecule has 1 atom stereocenters. The highest BCUT2D eigenvalue weighted by molar-refractivity contribution is 5.87. The molecular weight excluding hydrogens is 276 g/mol. The minimum atomic E-state index is -0.749. The zero-order chi connectivity index (χ0) is 16.8. The Balaban J connectivity index is 2.76. The molecule has 0 saturated heterocycles. The van der Waals surface area contributed by atoms with Crippen molar-refractivity contribution in [2.75, 3.05) is 6.54 Å². The van der Waals surface area contributed by atoms with Crippen LogP contribution in [-0.4, -0.2) is 23.7 Å². The number of carbonyl (C=O) groups excluding carboxylic acids is 1. The summed E-state index contributed by atoms with van der Waals surface area (Å²) >= 11 is 0. The van der Waals surface area contributed by atoms with Crippen LogP contribution in [0, 0.1) is 17.2 Å². The molecule has 0 aliphatic carbocycles. The first-order valence-electron chi connectivity index (χ1n) is 7.83. The first kappa shape index (κ1) is 18.2. The number of carbonyl (C=O) groups is 1. The van der Waals surface area contributed by atoms with Gasteiger partial charge in [-0.2, -0.15) is 5.26 Å². The molecule has 0 fully saturated rings. The van der Waals surface area contributed by atoms with Crippen molar-refractivity contribution in [3.05, 3.63) is 35.4 Å². The molecule has 1 aromatic carbocycles. The summed E-state index contributed by atoms with van der Waals surface area (Å²) in [6, 6.07) is 9.16. The molecule has 1 aromatic rings. The van der Waals surface area contributed by atoms with Crippen LogP contribution in [0.15, 0.2) is 24.3 Å². The number of aliphatic hydroxyl groups excluding tert-OH is 1. The predicted octanol–water partition coefficient (Wildman–Crippen LogP) is 2.75. The average Bonchev–Trinajstić information content (AvgIpc) is 2.53. The molecule has 4 nitrogen and oxygen atoms in total. The monoisotopic (exact) mass is 302 g/mol. The SMILES string of the molecule is CCC(CC)C(O)CNC(=O)C(C)(C)c1cccc(C#N)c1.